The van der Waals surface area contributed by atoms with E-state index in [-0.39, 0.29) is 5.91 Å². The number of nitrogens with one attached hydrogen (secondary N) is 1. The molecular weight excluding hydrogens is 224 g/mol. The van der Waals surface area contributed by atoms with Crippen molar-refractivity contribution in [2.75, 3.05) is 5.32 Å². The van der Waals surface area contributed by atoms with Gasteiger partial charge < -0.3 is 9.73 Å². The number of aromatic nitrogens is 1. The van der Waals surface area contributed by atoms with Crippen LogP contribution in [-0.2, 0) is 11.2 Å². The molecule has 2 aromatic rings. The van der Waals surface area contributed by atoms with Gasteiger partial charge in [0.05, 0.1) is 0 Å². The quantitative estimate of drug-likeness (QED) is 0.887. The minimum absolute atomic E-state index is 0.0380. The molecule has 0 atom stereocenters. The van der Waals surface area contributed by atoms with E-state index in [0.29, 0.717) is 18.0 Å². The number of carbonyl (C=O) groups excluding carboxylic acids is 1. The first kappa shape index (κ1) is 10.9. The number of hydrogen-bond donors (Lipinski definition) is 1. The van der Waals surface area contributed by atoms with Gasteiger partial charge in [-0.1, -0.05) is 0 Å². The van der Waals surface area contributed by atoms with Crippen LogP contribution in [0.4, 0.5) is 5.13 Å². The Balaban J connectivity index is 1.80. The molecule has 0 unspecified atom stereocenters. The molecule has 2 rings (SSSR count). The fourth-order valence-corrected chi connectivity index (χ4v) is 1.87. The smallest absolute Gasteiger partial charge is 0.226 e. The second kappa shape index (κ2) is 4.94. The maximum absolute atomic E-state index is 11.5. The Kier molecular flexibility index (Phi) is 3.36. The topological polar surface area (TPSA) is 55.1 Å². The number of carbonyl (C=O) groups is 1. The fraction of sp³-hybridized carbons (Fsp3) is 0.273. The lowest BCUT2D eigenvalue weighted by atomic mass is 10.2. The van der Waals surface area contributed by atoms with Crippen molar-refractivity contribution in [1.82, 2.24) is 4.98 Å². The molecule has 0 aliphatic rings. The molecule has 16 heavy (non-hydrogen) atoms. The van der Waals surface area contributed by atoms with Crippen molar-refractivity contribution in [3.05, 3.63) is 35.2 Å². The highest BCUT2D eigenvalue weighted by Gasteiger charge is 2.06. The molecule has 0 aliphatic carbocycles. The number of amides is 1. The lowest BCUT2D eigenvalue weighted by molar-refractivity contribution is -0.116. The van der Waals surface area contributed by atoms with Crippen molar-refractivity contribution in [3.63, 3.8) is 0 Å². The summed E-state index contributed by atoms with van der Waals surface area (Å²) in [4.78, 5) is 15.5. The number of aryl methyl sites for hydroxylation is 2. The van der Waals surface area contributed by atoms with Crippen molar-refractivity contribution in [2.45, 2.75) is 19.8 Å². The van der Waals surface area contributed by atoms with Crippen LogP contribution in [0.1, 0.15) is 17.9 Å². The third-order valence-corrected chi connectivity index (χ3v) is 2.76. The van der Waals surface area contributed by atoms with Crippen molar-refractivity contribution in [3.8, 4) is 0 Å². The van der Waals surface area contributed by atoms with Crippen LogP contribution in [0.3, 0.4) is 0 Å². The van der Waals surface area contributed by atoms with Gasteiger partial charge in [0.1, 0.15) is 11.5 Å². The Morgan fingerprint density at radius 1 is 1.56 bits per heavy atom. The summed E-state index contributed by atoms with van der Waals surface area (Å²) in [5.41, 5.74) is 0. The minimum Gasteiger partial charge on any atom is -0.466 e. The molecule has 0 aliphatic heterocycles. The summed E-state index contributed by atoms with van der Waals surface area (Å²) in [6.07, 6.45) is 2.69. The van der Waals surface area contributed by atoms with Crippen molar-refractivity contribution < 1.29 is 9.21 Å². The molecule has 0 radical (unpaired) electrons. The van der Waals surface area contributed by atoms with Gasteiger partial charge in [-0.25, -0.2) is 4.98 Å². The largest absolute Gasteiger partial charge is 0.466 e. The van der Waals surface area contributed by atoms with Gasteiger partial charge in [-0.2, -0.15) is 0 Å². The number of anilines is 1. The summed E-state index contributed by atoms with van der Waals surface area (Å²) < 4.78 is 5.38. The predicted octanol–water partition coefficient (Wildman–Crippen LogP) is 2.62. The summed E-state index contributed by atoms with van der Waals surface area (Å²) in [6, 6.07) is 3.79. The van der Waals surface area contributed by atoms with E-state index < -0.39 is 0 Å². The standard InChI is InChI=1S/C11H12N2O2S/c1-8-2-3-9(15-8)4-5-10(14)13-11-12-6-7-16-11/h2-3,6-7H,4-5H2,1H3,(H,12,13,14). The third kappa shape index (κ3) is 2.93. The zero-order valence-corrected chi connectivity index (χ0v) is 9.71. The molecular formula is C11H12N2O2S. The summed E-state index contributed by atoms with van der Waals surface area (Å²) in [5, 5.41) is 5.19. The lowest BCUT2D eigenvalue weighted by Gasteiger charge is -1.99. The number of hydrogen-bond acceptors (Lipinski definition) is 4. The molecule has 0 saturated carbocycles. The van der Waals surface area contributed by atoms with E-state index >= 15 is 0 Å². The lowest BCUT2D eigenvalue weighted by Crippen LogP contribution is -2.11. The van der Waals surface area contributed by atoms with Gasteiger partial charge in [0.2, 0.25) is 5.91 Å². The number of furan rings is 1. The highest BCUT2D eigenvalue weighted by Crippen LogP contribution is 2.12. The minimum atomic E-state index is -0.0380. The molecule has 0 aromatic carbocycles. The summed E-state index contributed by atoms with van der Waals surface area (Å²) in [7, 11) is 0. The Morgan fingerprint density at radius 2 is 2.44 bits per heavy atom. The van der Waals surface area contributed by atoms with Gasteiger partial charge in [-0.05, 0) is 19.1 Å². The fourth-order valence-electron chi connectivity index (χ4n) is 1.32. The zero-order chi connectivity index (χ0) is 11.4. The average Bonchev–Trinajstić information content (AvgIpc) is 2.87. The van der Waals surface area contributed by atoms with E-state index in [2.05, 4.69) is 10.3 Å². The molecule has 2 aromatic heterocycles. The van der Waals surface area contributed by atoms with Gasteiger partial charge >= 0.3 is 0 Å². The second-order valence-corrected chi connectivity index (χ2v) is 4.29. The number of thiazole rings is 1. The molecule has 0 saturated heterocycles. The van der Waals surface area contributed by atoms with Crippen molar-refractivity contribution in [1.29, 1.82) is 0 Å². The summed E-state index contributed by atoms with van der Waals surface area (Å²) in [5.74, 6) is 1.67. The first-order valence-electron chi connectivity index (χ1n) is 4.99. The van der Waals surface area contributed by atoms with Gasteiger partial charge in [0.15, 0.2) is 5.13 Å². The monoisotopic (exact) mass is 236 g/mol. The van der Waals surface area contributed by atoms with E-state index in [9.17, 15) is 4.79 Å². The first-order valence-corrected chi connectivity index (χ1v) is 5.86. The Bertz CT molecular complexity index is 462. The van der Waals surface area contributed by atoms with Crippen LogP contribution in [0, 0.1) is 6.92 Å². The average molecular weight is 236 g/mol. The normalized spacial score (nSPS) is 10.3. The molecule has 0 spiro atoms. The summed E-state index contributed by atoms with van der Waals surface area (Å²) in [6.45, 7) is 1.89. The Labute approximate surface area is 97.3 Å². The predicted molar refractivity (Wildman–Crippen MR) is 62.5 cm³/mol. The summed E-state index contributed by atoms with van der Waals surface area (Å²) >= 11 is 1.41. The van der Waals surface area contributed by atoms with Crippen LogP contribution in [0.5, 0.6) is 0 Å². The maximum Gasteiger partial charge on any atom is 0.226 e. The SMILES string of the molecule is Cc1ccc(CCC(=O)Nc2nccs2)o1. The Morgan fingerprint density at radius 3 is 3.06 bits per heavy atom. The highest BCUT2D eigenvalue weighted by atomic mass is 32.1. The molecule has 4 nitrogen and oxygen atoms in total. The van der Waals surface area contributed by atoms with E-state index in [4.69, 9.17) is 4.42 Å². The molecule has 5 heteroatoms. The van der Waals surface area contributed by atoms with E-state index in [1.165, 1.54) is 11.3 Å². The van der Waals surface area contributed by atoms with Gasteiger partial charge in [0, 0.05) is 24.4 Å². The molecule has 1 N–H and O–H groups in total. The molecule has 1 amide bonds. The van der Waals surface area contributed by atoms with E-state index in [1.54, 1.807) is 6.20 Å². The highest BCUT2D eigenvalue weighted by molar-refractivity contribution is 7.13. The maximum atomic E-state index is 11.5. The molecule has 0 fully saturated rings. The molecule has 2 heterocycles. The van der Waals surface area contributed by atoms with Crippen LogP contribution < -0.4 is 5.32 Å². The van der Waals surface area contributed by atoms with Crippen LogP contribution in [0.25, 0.3) is 0 Å². The van der Waals surface area contributed by atoms with Gasteiger partial charge in [-0.15, -0.1) is 11.3 Å². The Hall–Kier alpha value is -1.62. The van der Waals surface area contributed by atoms with Crippen LogP contribution >= 0.6 is 11.3 Å². The first-order chi connectivity index (χ1) is 7.74. The van der Waals surface area contributed by atoms with Crippen LogP contribution in [0.15, 0.2) is 28.1 Å². The van der Waals surface area contributed by atoms with Crippen molar-refractivity contribution in [2.24, 2.45) is 0 Å². The van der Waals surface area contributed by atoms with Gasteiger partial charge in [-0.3, -0.25) is 4.79 Å². The second-order valence-electron chi connectivity index (χ2n) is 3.40. The van der Waals surface area contributed by atoms with Crippen molar-refractivity contribution >= 4 is 22.4 Å². The van der Waals surface area contributed by atoms with Gasteiger partial charge in [0.25, 0.3) is 0 Å². The number of nitrogens with zero attached hydrogens (tertiary/aromatic N) is 1. The molecule has 84 valence electrons. The van der Waals surface area contributed by atoms with Crippen LogP contribution in [-0.4, -0.2) is 10.9 Å². The molecule has 0 bridgehead atoms. The number of rotatable bonds is 4. The van der Waals surface area contributed by atoms with E-state index in [0.717, 1.165) is 11.5 Å². The zero-order valence-electron chi connectivity index (χ0n) is 8.90. The third-order valence-electron chi connectivity index (χ3n) is 2.07. The van der Waals surface area contributed by atoms with E-state index in [1.807, 2.05) is 24.4 Å². The van der Waals surface area contributed by atoms with Crippen LogP contribution in [0.2, 0.25) is 0 Å².